The summed E-state index contributed by atoms with van der Waals surface area (Å²) in [6.45, 7) is 8.76. The number of anilines is 1. The van der Waals surface area contributed by atoms with Crippen LogP contribution < -0.4 is 10.6 Å². The number of aryl methyl sites for hydroxylation is 1. The molecule has 1 aromatic heterocycles. The van der Waals surface area contributed by atoms with Crippen LogP contribution >= 0.6 is 12.2 Å². The Bertz CT molecular complexity index is 440. The summed E-state index contributed by atoms with van der Waals surface area (Å²) < 4.78 is 0. The van der Waals surface area contributed by atoms with Crippen LogP contribution in [0, 0.1) is 6.92 Å². The lowest BCUT2D eigenvalue weighted by molar-refractivity contribution is 0.0874. The van der Waals surface area contributed by atoms with Gasteiger partial charge in [-0.25, -0.2) is 4.98 Å². The molecular weight excluding hydrogens is 246 g/mol. The molecule has 0 fully saturated rings. The molecule has 4 nitrogen and oxygen atoms in total. The summed E-state index contributed by atoms with van der Waals surface area (Å²) in [6, 6.07) is 3.73. The second-order valence-electron chi connectivity index (χ2n) is 5.05. The minimum atomic E-state index is -0.773. The summed E-state index contributed by atoms with van der Waals surface area (Å²) in [5, 5.41) is 9.91. The van der Waals surface area contributed by atoms with Crippen molar-refractivity contribution in [2.24, 2.45) is 5.73 Å². The molecule has 0 aromatic carbocycles. The molecule has 0 aliphatic rings. The molecule has 0 aliphatic heterocycles. The van der Waals surface area contributed by atoms with Gasteiger partial charge in [-0.2, -0.15) is 0 Å². The number of pyridine rings is 1. The van der Waals surface area contributed by atoms with E-state index in [0.717, 1.165) is 23.6 Å². The zero-order valence-corrected chi connectivity index (χ0v) is 12.2. The Labute approximate surface area is 114 Å². The highest BCUT2D eigenvalue weighted by atomic mass is 32.1. The Morgan fingerprint density at radius 2 is 2.11 bits per heavy atom. The van der Waals surface area contributed by atoms with Gasteiger partial charge in [0, 0.05) is 24.3 Å². The smallest absolute Gasteiger partial charge is 0.129 e. The van der Waals surface area contributed by atoms with Crippen molar-refractivity contribution in [3.63, 3.8) is 0 Å². The van der Waals surface area contributed by atoms with Crippen LogP contribution in [0.15, 0.2) is 12.1 Å². The van der Waals surface area contributed by atoms with Gasteiger partial charge in [0.05, 0.1) is 5.60 Å². The van der Waals surface area contributed by atoms with Crippen molar-refractivity contribution in [1.29, 1.82) is 0 Å². The van der Waals surface area contributed by atoms with Crippen LogP contribution in [0.2, 0.25) is 0 Å². The van der Waals surface area contributed by atoms with Gasteiger partial charge < -0.3 is 15.7 Å². The summed E-state index contributed by atoms with van der Waals surface area (Å²) in [5.41, 5.74) is 6.56. The average Bonchev–Trinajstić information content (AvgIpc) is 2.23. The SMILES string of the molecule is CCN(CC(C)(C)O)c1cc(C(N)=S)cc(C)n1. The van der Waals surface area contributed by atoms with Gasteiger partial charge in [0.2, 0.25) is 0 Å². The quantitative estimate of drug-likeness (QED) is 0.794. The van der Waals surface area contributed by atoms with E-state index < -0.39 is 5.60 Å². The zero-order chi connectivity index (χ0) is 13.9. The fraction of sp³-hybridized carbons (Fsp3) is 0.538. The predicted molar refractivity (Wildman–Crippen MR) is 79.0 cm³/mol. The zero-order valence-electron chi connectivity index (χ0n) is 11.4. The van der Waals surface area contributed by atoms with Gasteiger partial charge in [-0.3, -0.25) is 0 Å². The first-order valence-corrected chi connectivity index (χ1v) is 6.39. The third kappa shape index (κ3) is 4.23. The first kappa shape index (κ1) is 14.9. The fourth-order valence-electron chi connectivity index (χ4n) is 1.78. The maximum Gasteiger partial charge on any atom is 0.129 e. The van der Waals surface area contributed by atoms with Crippen molar-refractivity contribution >= 4 is 23.0 Å². The molecule has 0 atom stereocenters. The standard InChI is InChI=1S/C13H21N3OS/c1-5-16(8-13(3,4)17)11-7-10(12(14)18)6-9(2)15-11/h6-7,17H,5,8H2,1-4H3,(H2,14,18). The van der Waals surface area contributed by atoms with E-state index in [2.05, 4.69) is 4.98 Å². The van der Waals surface area contributed by atoms with Crippen molar-refractivity contribution in [2.45, 2.75) is 33.3 Å². The molecule has 1 aromatic rings. The summed E-state index contributed by atoms with van der Waals surface area (Å²) in [7, 11) is 0. The molecule has 18 heavy (non-hydrogen) atoms. The van der Waals surface area contributed by atoms with E-state index in [-0.39, 0.29) is 0 Å². The van der Waals surface area contributed by atoms with Crippen LogP contribution in [0.3, 0.4) is 0 Å². The molecule has 0 radical (unpaired) electrons. The lowest BCUT2D eigenvalue weighted by Gasteiger charge is -2.29. The molecule has 1 heterocycles. The Morgan fingerprint density at radius 3 is 2.56 bits per heavy atom. The summed E-state index contributed by atoms with van der Waals surface area (Å²) >= 11 is 5.00. The van der Waals surface area contributed by atoms with E-state index in [1.165, 1.54) is 0 Å². The molecule has 0 saturated heterocycles. The Balaban J connectivity index is 3.09. The van der Waals surface area contributed by atoms with Gasteiger partial charge in [0.15, 0.2) is 0 Å². The molecule has 0 amide bonds. The number of aliphatic hydroxyl groups is 1. The van der Waals surface area contributed by atoms with E-state index in [1.54, 1.807) is 13.8 Å². The number of thiocarbonyl (C=S) groups is 1. The Morgan fingerprint density at radius 1 is 1.50 bits per heavy atom. The number of hydrogen-bond donors (Lipinski definition) is 2. The molecule has 0 spiro atoms. The van der Waals surface area contributed by atoms with Gasteiger partial charge in [0.1, 0.15) is 10.8 Å². The summed E-state index contributed by atoms with van der Waals surface area (Å²) in [6.07, 6.45) is 0. The van der Waals surface area contributed by atoms with Gasteiger partial charge >= 0.3 is 0 Å². The lowest BCUT2D eigenvalue weighted by atomic mass is 10.1. The first-order chi connectivity index (χ1) is 8.23. The minimum Gasteiger partial charge on any atom is -0.389 e. The topological polar surface area (TPSA) is 62.4 Å². The highest BCUT2D eigenvalue weighted by Gasteiger charge is 2.19. The Kier molecular flexibility index (Phi) is 4.65. The van der Waals surface area contributed by atoms with Crippen molar-refractivity contribution in [1.82, 2.24) is 4.98 Å². The maximum absolute atomic E-state index is 9.91. The molecule has 0 aliphatic carbocycles. The predicted octanol–water partition coefficient (Wildman–Crippen LogP) is 1.62. The van der Waals surface area contributed by atoms with E-state index in [1.807, 2.05) is 30.9 Å². The number of likely N-dealkylation sites (N-methyl/N-ethyl adjacent to an activating group) is 1. The lowest BCUT2D eigenvalue weighted by Crippen LogP contribution is -2.39. The molecule has 1 rings (SSSR count). The van der Waals surface area contributed by atoms with Crippen molar-refractivity contribution in [2.75, 3.05) is 18.0 Å². The van der Waals surface area contributed by atoms with Crippen molar-refractivity contribution < 1.29 is 5.11 Å². The molecule has 5 heteroatoms. The van der Waals surface area contributed by atoms with E-state index in [0.29, 0.717) is 11.5 Å². The average molecular weight is 267 g/mol. The monoisotopic (exact) mass is 267 g/mol. The molecule has 0 bridgehead atoms. The van der Waals surface area contributed by atoms with Gasteiger partial charge in [-0.05, 0) is 39.8 Å². The summed E-state index contributed by atoms with van der Waals surface area (Å²) in [4.78, 5) is 6.84. The van der Waals surface area contributed by atoms with E-state index in [4.69, 9.17) is 18.0 Å². The molecule has 0 unspecified atom stereocenters. The van der Waals surface area contributed by atoms with Crippen molar-refractivity contribution in [3.05, 3.63) is 23.4 Å². The van der Waals surface area contributed by atoms with Crippen LogP contribution in [0.4, 0.5) is 5.82 Å². The largest absolute Gasteiger partial charge is 0.389 e. The highest BCUT2D eigenvalue weighted by Crippen LogP contribution is 2.17. The van der Waals surface area contributed by atoms with Crippen molar-refractivity contribution in [3.8, 4) is 0 Å². The van der Waals surface area contributed by atoms with Crippen LogP contribution in [0.25, 0.3) is 0 Å². The highest BCUT2D eigenvalue weighted by molar-refractivity contribution is 7.80. The third-order valence-corrected chi connectivity index (χ3v) is 2.74. The number of rotatable bonds is 5. The van der Waals surface area contributed by atoms with Gasteiger partial charge in [0.25, 0.3) is 0 Å². The minimum absolute atomic E-state index is 0.362. The number of aromatic nitrogens is 1. The van der Waals surface area contributed by atoms with Crippen LogP contribution in [-0.4, -0.2) is 33.8 Å². The molecule has 0 saturated carbocycles. The van der Waals surface area contributed by atoms with Crippen LogP contribution in [0.1, 0.15) is 32.0 Å². The van der Waals surface area contributed by atoms with Crippen LogP contribution in [0.5, 0.6) is 0 Å². The number of nitrogens with zero attached hydrogens (tertiary/aromatic N) is 2. The van der Waals surface area contributed by atoms with E-state index >= 15 is 0 Å². The first-order valence-electron chi connectivity index (χ1n) is 5.99. The second-order valence-corrected chi connectivity index (χ2v) is 5.49. The molecule has 100 valence electrons. The fourth-order valence-corrected chi connectivity index (χ4v) is 1.90. The maximum atomic E-state index is 9.91. The van der Waals surface area contributed by atoms with E-state index in [9.17, 15) is 5.11 Å². The van der Waals surface area contributed by atoms with Crippen LogP contribution in [-0.2, 0) is 0 Å². The summed E-state index contributed by atoms with van der Waals surface area (Å²) in [5.74, 6) is 0.794. The second kappa shape index (κ2) is 5.63. The number of nitrogens with two attached hydrogens (primary N) is 1. The molecular formula is C13H21N3OS. The third-order valence-electron chi connectivity index (χ3n) is 2.51. The normalized spacial score (nSPS) is 11.4. The Hall–Kier alpha value is -1.20. The van der Waals surface area contributed by atoms with Gasteiger partial charge in [-0.15, -0.1) is 0 Å². The van der Waals surface area contributed by atoms with Gasteiger partial charge in [-0.1, -0.05) is 12.2 Å². The number of hydrogen-bond acceptors (Lipinski definition) is 4. The molecule has 3 N–H and O–H groups in total.